The second kappa shape index (κ2) is 7.69. The van der Waals surface area contributed by atoms with Crippen molar-refractivity contribution < 1.29 is 14.8 Å². The van der Waals surface area contributed by atoms with Gasteiger partial charge in [0.25, 0.3) is 5.91 Å². The van der Waals surface area contributed by atoms with Crippen molar-refractivity contribution in [2.45, 2.75) is 6.42 Å². The molecule has 1 aromatic carbocycles. The van der Waals surface area contributed by atoms with Crippen molar-refractivity contribution in [1.82, 2.24) is 10.5 Å². The van der Waals surface area contributed by atoms with Crippen molar-refractivity contribution in [3.8, 4) is 10.6 Å². The van der Waals surface area contributed by atoms with Crippen LogP contribution in [0.3, 0.4) is 0 Å². The van der Waals surface area contributed by atoms with E-state index in [1.807, 2.05) is 30.3 Å². The fourth-order valence-corrected chi connectivity index (χ4v) is 3.13. The second-order valence-corrected chi connectivity index (χ2v) is 6.33. The molecule has 0 aliphatic carbocycles. The number of nitrogens with zero attached hydrogens (tertiary/aromatic N) is 1. The number of carbonyl (C=O) groups is 2. The Kier molecular flexibility index (Phi) is 5.17. The predicted molar refractivity (Wildman–Crippen MR) is 95.6 cm³/mol. The minimum absolute atomic E-state index is 0.112. The zero-order chi connectivity index (χ0) is 17.6. The highest BCUT2D eigenvalue weighted by Gasteiger charge is 2.10. The van der Waals surface area contributed by atoms with Gasteiger partial charge in [0.15, 0.2) is 0 Å². The summed E-state index contributed by atoms with van der Waals surface area (Å²) in [4.78, 5) is 28.9. The van der Waals surface area contributed by atoms with Crippen molar-refractivity contribution in [1.29, 1.82) is 0 Å². The Morgan fingerprint density at radius 2 is 1.84 bits per heavy atom. The first-order valence-corrected chi connectivity index (χ1v) is 8.32. The van der Waals surface area contributed by atoms with E-state index in [9.17, 15) is 9.59 Å². The van der Waals surface area contributed by atoms with Crippen molar-refractivity contribution in [3.63, 3.8) is 0 Å². The van der Waals surface area contributed by atoms with E-state index in [-0.39, 0.29) is 5.91 Å². The lowest BCUT2D eigenvalue weighted by Gasteiger charge is -2.05. The van der Waals surface area contributed by atoms with Gasteiger partial charge in [-0.15, -0.1) is 11.3 Å². The number of rotatable bonds is 5. The van der Waals surface area contributed by atoms with Gasteiger partial charge in [-0.1, -0.05) is 30.3 Å². The predicted octanol–water partition coefficient (Wildman–Crippen LogP) is 3.11. The molecule has 3 rings (SSSR count). The molecule has 2 amide bonds. The molecule has 7 heteroatoms. The number of hydrogen-bond donors (Lipinski definition) is 3. The number of nitrogens with one attached hydrogen (secondary N) is 2. The molecule has 2 aromatic heterocycles. The Hall–Kier alpha value is -3.03. The van der Waals surface area contributed by atoms with Crippen molar-refractivity contribution in [2.24, 2.45) is 0 Å². The van der Waals surface area contributed by atoms with Crippen LogP contribution in [0.4, 0.5) is 5.69 Å². The zero-order valence-electron chi connectivity index (χ0n) is 13.1. The topological polar surface area (TPSA) is 91.3 Å². The number of anilines is 1. The van der Waals surface area contributed by atoms with Gasteiger partial charge in [-0.3, -0.25) is 19.8 Å². The van der Waals surface area contributed by atoms with Crippen molar-refractivity contribution >= 4 is 28.8 Å². The molecule has 3 N–H and O–H groups in total. The smallest absolute Gasteiger partial charge is 0.284 e. The van der Waals surface area contributed by atoms with Crippen LogP contribution in [0, 0.1) is 0 Å². The molecule has 0 saturated heterocycles. The van der Waals surface area contributed by atoms with E-state index in [4.69, 9.17) is 5.21 Å². The molecular formula is C18H15N3O3S. The van der Waals surface area contributed by atoms with Crippen LogP contribution in [0.5, 0.6) is 0 Å². The van der Waals surface area contributed by atoms with Crippen LogP contribution in [-0.2, 0) is 11.2 Å². The summed E-state index contributed by atoms with van der Waals surface area (Å²) in [5.74, 6) is -0.667. The van der Waals surface area contributed by atoms with Crippen LogP contribution in [0.1, 0.15) is 15.2 Å². The van der Waals surface area contributed by atoms with E-state index >= 15 is 0 Å². The van der Waals surface area contributed by atoms with Crippen LogP contribution >= 0.6 is 11.3 Å². The molecule has 2 heterocycles. The summed E-state index contributed by atoms with van der Waals surface area (Å²) in [6, 6.07) is 16.4. The summed E-state index contributed by atoms with van der Waals surface area (Å²) < 4.78 is 0. The van der Waals surface area contributed by atoms with Crippen LogP contribution in [-0.4, -0.2) is 22.0 Å². The molecule has 0 unspecified atom stereocenters. The lowest BCUT2D eigenvalue weighted by atomic mass is 10.1. The molecule has 0 atom stereocenters. The Morgan fingerprint density at radius 1 is 1.04 bits per heavy atom. The highest BCUT2D eigenvalue weighted by Crippen LogP contribution is 2.27. The van der Waals surface area contributed by atoms with E-state index in [1.54, 1.807) is 35.9 Å². The van der Waals surface area contributed by atoms with E-state index in [1.165, 1.54) is 11.3 Å². The van der Waals surface area contributed by atoms with Gasteiger partial charge >= 0.3 is 0 Å². The summed E-state index contributed by atoms with van der Waals surface area (Å²) in [7, 11) is 0. The summed E-state index contributed by atoms with van der Waals surface area (Å²) in [5.41, 5.74) is 3.83. The largest absolute Gasteiger partial charge is 0.324 e. The molecule has 25 heavy (non-hydrogen) atoms. The monoisotopic (exact) mass is 353 g/mol. The Labute approximate surface area is 148 Å². The quantitative estimate of drug-likeness (QED) is 0.485. The maximum Gasteiger partial charge on any atom is 0.284 e. The zero-order valence-corrected chi connectivity index (χ0v) is 13.9. The molecule has 0 bridgehead atoms. The molecule has 0 fully saturated rings. The maximum absolute atomic E-state index is 12.0. The van der Waals surface area contributed by atoms with Gasteiger partial charge in [0.1, 0.15) is 0 Å². The van der Waals surface area contributed by atoms with Crippen molar-refractivity contribution in [3.05, 3.63) is 71.2 Å². The summed E-state index contributed by atoms with van der Waals surface area (Å²) in [5, 5.41) is 11.5. The van der Waals surface area contributed by atoms with Crippen LogP contribution in [0.25, 0.3) is 10.6 Å². The van der Waals surface area contributed by atoms with Gasteiger partial charge < -0.3 is 5.32 Å². The van der Waals surface area contributed by atoms with Gasteiger partial charge in [0.05, 0.1) is 33.8 Å². The van der Waals surface area contributed by atoms with Gasteiger partial charge in [-0.05, 0) is 29.8 Å². The minimum Gasteiger partial charge on any atom is -0.324 e. The summed E-state index contributed by atoms with van der Waals surface area (Å²) >= 11 is 1.22. The van der Waals surface area contributed by atoms with Crippen molar-refractivity contribution in [2.75, 3.05) is 5.32 Å². The normalized spacial score (nSPS) is 10.3. The molecule has 6 nitrogen and oxygen atoms in total. The number of hydroxylamine groups is 1. The van der Waals surface area contributed by atoms with E-state index in [0.717, 1.165) is 10.4 Å². The fraction of sp³-hybridized carbons (Fsp3) is 0.0556. The number of thiophene rings is 1. The first-order chi connectivity index (χ1) is 12.2. The number of hydrogen-bond acceptors (Lipinski definition) is 5. The first-order valence-electron chi connectivity index (χ1n) is 7.50. The van der Waals surface area contributed by atoms with E-state index in [2.05, 4.69) is 10.3 Å². The Balaban J connectivity index is 1.65. The van der Waals surface area contributed by atoms with E-state index in [0.29, 0.717) is 22.7 Å². The first kappa shape index (κ1) is 16.8. The highest BCUT2D eigenvalue weighted by molar-refractivity contribution is 7.17. The lowest BCUT2D eigenvalue weighted by molar-refractivity contribution is -0.115. The van der Waals surface area contributed by atoms with Crippen LogP contribution < -0.4 is 10.8 Å². The van der Waals surface area contributed by atoms with E-state index < -0.39 is 5.91 Å². The number of carbonyl (C=O) groups excluding carboxylic acids is 2. The van der Waals surface area contributed by atoms with Crippen LogP contribution in [0.15, 0.2) is 60.8 Å². The number of benzene rings is 1. The minimum atomic E-state index is -0.555. The number of amides is 2. The Bertz CT molecular complexity index is 876. The third-order valence-corrected chi connectivity index (χ3v) is 4.55. The van der Waals surface area contributed by atoms with Gasteiger partial charge in [0, 0.05) is 0 Å². The molecular weight excluding hydrogens is 338 g/mol. The standard InChI is InChI=1S/C18H15N3O3S/c22-17(10-12-4-2-1-3-5-12)20-13-6-7-14(19-11-13)15-8-9-16(25-15)18(23)21-24/h1-9,11,24H,10H2,(H,20,22)(H,21,23). The maximum atomic E-state index is 12.0. The molecule has 3 aromatic rings. The third-order valence-electron chi connectivity index (χ3n) is 3.44. The number of aromatic nitrogens is 1. The fourth-order valence-electron chi connectivity index (χ4n) is 2.25. The van der Waals surface area contributed by atoms with Gasteiger partial charge in [0.2, 0.25) is 5.91 Å². The summed E-state index contributed by atoms with van der Waals surface area (Å²) in [6.07, 6.45) is 1.87. The second-order valence-electron chi connectivity index (χ2n) is 5.25. The SMILES string of the molecule is O=C(Cc1ccccc1)Nc1ccc(-c2ccc(C(=O)NO)s2)nc1. The molecule has 126 valence electrons. The number of pyridine rings is 1. The highest BCUT2D eigenvalue weighted by atomic mass is 32.1. The summed E-state index contributed by atoms with van der Waals surface area (Å²) in [6.45, 7) is 0. The third kappa shape index (κ3) is 4.28. The van der Waals surface area contributed by atoms with Crippen LogP contribution in [0.2, 0.25) is 0 Å². The molecule has 0 aliphatic heterocycles. The average Bonchev–Trinajstić information content (AvgIpc) is 3.12. The molecule has 0 aliphatic rings. The average molecular weight is 353 g/mol. The molecule has 0 saturated carbocycles. The molecule has 0 spiro atoms. The van der Waals surface area contributed by atoms with Gasteiger partial charge in [-0.25, -0.2) is 5.48 Å². The molecule has 0 radical (unpaired) electrons. The Morgan fingerprint density at radius 3 is 2.52 bits per heavy atom. The lowest BCUT2D eigenvalue weighted by Crippen LogP contribution is -2.16. The van der Waals surface area contributed by atoms with Gasteiger partial charge in [-0.2, -0.15) is 0 Å².